The quantitative estimate of drug-likeness (QED) is 0.849. The van der Waals surface area contributed by atoms with Crippen molar-refractivity contribution in [1.82, 2.24) is 0 Å². The first-order valence-electron chi connectivity index (χ1n) is 7.39. The maximum absolute atomic E-state index is 6.08. The van der Waals surface area contributed by atoms with Gasteiger partial charge in [0.1, 0.15) is 0 Å². The van der Waals surface area contributed by atoms with E-state index in [4.69, 9.17) is 5.73 Å². The Labute approximate surface area is 112 Å². The van der Waals surface area contributed by atoms with Crippen molar-refractivity contribution >= 4 is 0 Å². The third kappa shape index (κ3) is 2.95. The smallest absolute Gasteiger partial charge is 0.000546 e. The van der Waals surface area contributed by atoms with E-state index in [-0.39, 0.29) is 0 Å². The minimum absolute atomic E-state index is 0.568. The molecule has 0 spiro atoms. The predicted molar refractivity (Wildman–Crippen MR) is 78.8 cm³/mol. The summed E-state index contributed by atoms with van der Waals surface area (Å²) >= 11 is 0. The van der Waals surface area contributed by atoms with Crippen LogP contribution in [-0.2, 0) is 0 Å². The number of hydrogen-bond acceptors (Lipinski definition) is 1. The maximum Gasteiger partial charge on any atom is -0.000546 e. The molecular formula is C17H27N. The minimum Gasteiger partial charge on any atom is -0.330 e. The normalized spacial score (nSPS) is 26.0. The molecule has 100 valence electrons. The molecule has 18 heavy (non-hydrogen) atoms. The highest BCUT2D eigenvalue weighted by molar-refractivity contribution is 5.33. The molecule has 1 fully saturated rings. The van der Waals surface area contributed by atoms with Crippen LogP contribution in [0.2, 0.25) is 0 Å². The average molecular weight is 245 g/mol. The van der Waals surface area contributed by atoms with E-state index in [0.717, 1.165) is 18.4 Å². The third-order valence-electron chi connectivity index (χ3n) is 4.71. The molecule has 1 aliphatic rings. The monoisotopic (exact) mass is 245 g/mol. The van der Waals surface area contributed by atoms with Crippen LogP contribution in [0.1, 0.15) is 55.2 Å². The fourth-order valence-corrected chi connectivity index (χ4v) is 3.50. The van der Waals surface area contributed by atoms with Gasteiger partial charge in [0.25, 0.3) is 0 Å². The van der Waals surface area contributed by atoms with Crippen LogP contribution in [0.25, 0.3) is 0 Å². The zero-order valence-corrected chi connectivity index (χ0v) is 12.1. The first kappa shape index (κ1) is 13.6. The summed E-state index contributed by atoms with van der Waals surface area (Å²) in [5.41, 5.74) is 10.3. The van der Waals surface area contributed by atoms with E-state index >= 15 is 0 Å². The summed E-state index contributed by atoms with van der Waals surface area (Å²) in [6, 6.07) is 6.83. The van der Waals surface area contributed by atoms with E-state index in [1.165, 1.54) is 42.4 Å². The molecule has 0 heterocycles. The fraction of sp³-hybridized carbons (Fsp3) is 0.647. The Kier molecular flexibility index (Phi) is 4.45. The fourth-order valence-electron chi connectivity index (χ4n) is 3.50. The highest BCUT2D eigenvalue weighted by Gasteiger charge is 2.27. The predicted octanol–water partition coefficient (Wildman–Crippen LogP) is 4.17. The maximum atomic E-state index is 6.08. The highest BCUT2D eigenvalue weighted by atomic mass is 14.6. The summed E-state index contributed by atoms with van der Waals surface area (Å²) in [5, 5.41) is 0. The van der Waals surface area contributed by atoms with Gasteiger partial charge in [0, 0.05) is 0 Å². The molecule has 0 amide bonds. The number of aryl methyl sites for hydroxylation is 2. The van der Waals surface area contributed by atoms with Crippen LogP contribution in [0.3, 0.4) is 0 Å². The third-order valence-corrected chi connectivity index (χ3v) is 4.71. The Morgan fingerprint density at radius 3 is 2.39 bits per heavy atom. The molecule has 0 aromatic heterocycles. The van der Waals surface area contributed by atoms with Crippen molar-refractivity contribution in [2.45, 2.75) is 52.4 Å². The van der Waals surface area contributed by atoms with Crippen molar-refractivity contribution in [3.8, 4) is 0 Å². The summed E-state index contributed by atoms with van der Waals surface area (Å²) in [4.78, 5) is 0. The Morgan fingerprint density at radius 2 is 1.83 bits per heavy atom. The molecule has 1 unspecified atom stereocenters. The van der Waals surface area contributed by atoms with Crippen molar-refractivity contribution in [2.24, 2.45) is 17.6 Å². The van der Waals surface area contributed by atoms with Gasteiger partial charge >= 0.3 is 0 Å². The van der Waals surface area contributed by atoms with Gasteiger partial charge in [0.05, 0.1) is 0 Å². The summed E-state index contributed by atoms with van der Waals surface area (Å²) in [6.07, 6.45) is 5.48. The van der Waals surface area contributed by atoms with Crippen molar-refractivity contribution in [2.75, 3.05) is 6.54 Å². The number of rotatable bonds is 3. The van der Waals surface area contributed by atoms with E-state index < -0.39 is 0 Å². The first-order valence-corrected chi connectivity index (χ1v) is 7.39. The van der Waals surface area contributed by atoms with Gasteiger partial charge in [-0.1, -0.05) is 43.5 Å². The molecule has 2 rings (SSSR count). The average Bonchev–Trinajstić information content (AvgIpc) is 2.35. The second-order valence-electron chi connectivity index (χ2n) is 6.22. The van der Waals surface area contributed by atoms with Gasteiger partial charge in [-0.2, -0.15) is 0 Å². The van der Waals surface area contributed by atoms with E-state index in [1.54, 1.807) is 0 Å². The van der Waals surface area contributed by atoms with E-state index in [0.29, 0.717) is 5.92 Å². The Bertz CT molecular complexity index is 389. The standard InChI is InChI=1S/C17H27N/c1-12-4-7-15(8-5-12)17(11-18)16-9-6-13(2)10-14(16)3/h6,9-10,12,15,17H,4-5,7-8,11,18H2,1-3H3. The molecule has 1 aromatic carbocycles. The van der Waals surface area contributed by atoms with Crippen molar-refractivity contribution in [3.05, 3.63) is 34.9 Å². The lowest BCUT2D eigenvalue weighted by Gasteiger charge is -2.33. The molecule has 1 aromatic rings. The molecule has 1 nitrogen and oxygen atoms in total. The molecule has 1 atom stereocenters. The summed E-state index contributed by atoms with van der Waals surface area (Å²) in [5.74, 6) is 2.28. The van der Waals surface area contributed by atoms with Gasteiger partial charge < -0.3 is 5.73 Å². The van der Waals surface area contributed by atoms with Crippen LogP contribution in [0.5, 0.6) is 0 Å². The Hall–Kier alpha value is -0.820. The molecule has 0 bridgehead atoms. The summed E-state index contributed by atoms with van der Waals surface area (Å²) < 4.78 is 0. The molecule has 1 saturated carbocycles. The molecule has 0 aliphatic heterocycles. The first-order chi connectivity index (χ1) is 8.61. The largest absolute Gasteiger partial charge is 0.330 e. The molecule has 1 heteroatoms. The van der Waals surface area contributed by atoms with Gasteiger partial charge in [0.2, 0.25) is 0 Å². The summed E-state index contributed by atoms with van der Waals surface area (Å²) in [6.45, 7) is 7.57. The summed E-state index contributed by atoms with van der Waals surface area (Å²) in [7, 11) is 0. The van der Waals surface area contributed by atoms with Gasteiger partial charge in [-0.25, -0.2) is 0 Å². The molecular weight excluding hydrogens is 218 g/mol. The van der Waals surface area contributed by atoms with Gasteiger partial charge in [-0.05, 0) is 62.1 Å². The van der Waals surface area contributed by atoms with Crippen LogP contribution in [0.4, 0.5) is 0 Å². The molecule has 0 radical (unpaired) electrons. The SMILES string of the molecule is Cc1ccc(C(CN)C2CCC(C)CC2)c(C)c1. The molecule has 2 N–H and O–H groups in total. The molecule has 1 aliphatic carbocycles. The van der Waals surface area contributed by atoms with Crippen LogP contribution in [0, 0.1) is 25.7 Å². The Morgan fingerprint density at radius 1 is 1.17 bits per heavy atom. The van der Waals surface area contributed by atoms with Gasteiger partial charge in [0.15, 0.2) is 0 Å². The topological polar surface area (TPSA) is 26.0 Å². The van der Waals surface area contributed by atoms with Gasteiger partial charge in [-0.15, -0.1) is 0 Å². The lowest BCUT2D eigenvalue weighted by molar-refractivity contribution is 0.255. The molecule has 0 saturated heterocycles. The second-order valence-corrected chi connectivity index (χ2v) is 6.22. The van der Waals surface area contributed by atoms with Crippen molar-refractivity contribution in [1.29, 1.82) is 0 Å². The highest BCUT2D eigenvalue weighted by Crippen LogP contribution is 2.38. The van der Waals surface area contributed by atoms with E-state index in [2.05, 4.69) is 39.0 Å². The van der Waals surface area contributed by atoms with Crippen LogP contribution >= 0.6 is 0 Å². The van der Waals surface area contributed by atoms with Crippen LogP contribution < -0.4 is 5.73 Å². The van der Waals surface area contributed by atoms with Gasteiger partial charge in [-0.3, -0.25) is 0 Å². The lowest BCUT2D eigenvalue weighted by Crippen LogP contribution is -2.26. The van der Waals surface area contributed by atoms with E-state index in [9.17, 15) is 0 Å². The van der Waals surface area contributed by atoms with Crippen molar-refractivity contribution in [3.63, 3.8) is 0 Å². The Balaban J connectivity index is 2.17. The second kappa shape index (κ2) is 5.88. The minimum atomic E-state index is 0.568. The van der Waals surface area contributed by atoms with E-state index in [1.807, 2.05) is 0 Å². The number of hydrogen-bond donors (Lipinski definition) is 1. The van der Waals surface area contributed by atoms with Crippen LogP contribution in [0.15, 0.2) is 18.2 Å². The number of benzene rings is 1. The van der Waals surface area contributed by atoms with Crippen LogP contribution in [-0.4, -0.2) is 6.54 Å². The number of nitrogens with two attached hydrogens (primary N) is 1. The zero-order valence-electron chi connectivity index (χ0n) is 12.1. The van der Waals surface area contributed by atoms with Crippen molar-refractivity contribution < 1.29 is 0 Å². The lowest BCUT2D eigenvalue weighted by atomic mass is 9.73. The zero-order chi connectivity index (χ0) is 13.1.